The van der Waals surface area contributed by atoms with Crippen LogP contribution < -0.4 is 0 Å². The molecule has 8 heteroatoms. The number of halogens is 1. The van der Waals surface area contributed by atoms with E-state index in [0.717, 1.165) is 29.8 Å². The number of imidazole rings is 1. The van der Waals surface area contributed by atoms with E-state index in [1.807, 2.05) is 42.5 Å². The smallest absolute Gasteiger partial charge is 0.262 e. The third-order valence-corrected chi connectivity index (χ3v) is 6.97. The molecule has 4 rings (SSSR count). The third-order valence-electron chi connectivity index (χ3n) is 4.93. The van der Waals surface area contributed by atoms with Crippen molar-refractivity contribution in [3.8, 4) is 0 Å². The van der Waals surface area contributed by atoms with Gasteiger partial charge in [-0.05, 0) is 42.7 Å². The highest BCUT2D eigenvalue weighted by molar-refractivity contribution is 7.89. The average Bonchev–Trinajstić information content (AvgIpc) is 3.34. The summed E-state index contributed by atoms with van der Waals surface area (Å²) in [5.41, 5.74) is 2.80. The van der Waals surface area contributed by atoms with Crippen LogP contribution in [0.3, 0.4) is 0 Å². The summed E-state index contributed by atoms with van der Waals surface area (Å²) >= 11 is 5.95. The second-order valence-electron chi connectivity index (χ2n) is 7.01. The van der Waals surface area contributed by atoms with Gasteiger partial charge in [0, 0.05) is 36.9 Å². The molecule has 0 amide bonds. The first-order chi connectivity index (χ1) is 13.4. The lowest BCUT2D eigenvalue weighted by molar-refractivity contribution is 0.388. The maximum atomic E-state index is 13.0. The SMILES string of the molecule is Cn1cnc(S(=O)(=O)N2CCC[C@@H]2c2cccc(Cc3ccc(Cl)cc3)n2)c1. The number of hydrogen-bond acceptors (Lipinski definition) is 4. The Balaban J connectivity index is 1.60. The van der Waals surface area contributed by atoms with E-state index in [9.17, 15) is 8.42 Å². The molecule has 2 aromatic heterocycles. The summed E-state index contributed by atoms with van der Waals surface area (Å²) in [6, 6.07) is 13.2. The van der Waals surface area contributed by atoms with E-state index < -0.39 is 10.0 Å². The van der Waals surface area contributed by atoms with Gasteiger partial charge in [-0.25, -0.2) is 13.4 Å². The molecular weight excluding hydrogens is 396 g/mol. The normalized spacial score (nSPS) is 17.9. The lowest BCUT2D eigenvalue weighted by Crippen LogP contribution is -2.31. The highest BCUT2D eigenvalue weighted by atomic mass is 35.5. The van der Waals surface area contributed by atoms with Crippen molar-refractivity contribution < 1.29 is 8.42 Å². The minimum Gasteiger partial charge on any atom is -0.339 e. The molecule has 3 aromatic rings. The van der Waals surface area contributed by atoms with Crippen molar-refractivity contribution in [1.82, 2.24) is 18.8 Å². The van der Waals surface area contributed by atoms with Gasteiger partial charge < -0.3 is 4.57 Å². The average molecular weight is 417 g/mol. The van der Waals surface area contributed by atoms with Crippen molar-refractivity contribution in [2.75, 3.05) is 6.54 Å². The topological polar surface area (TPSA) is 68.1 Å². The third kappa shape index (κ3) is 3.83. The molecule has 1 saturated heterocycles. The summed E-state index contributed by atoms with van der Waals surface area (Å²) in [5.74, 6) is 0. The van der Waals surface area contributed by atoms with Gasteiger partial charge >= 0.3 is 0 Å². The first-order valence-corrected chi connectivity index (χ1v) is 11.0. The van der Waals surface area contributed by atoms with Crippen LogP contribution in [0.25, 0.3) is 0 Å². The van der Waals surface area contributed by atoms with Crippen molar-refractivity contribution >= 4 is 21.6 Å². The van der Waals surface area contributed by atoms with Crippen molar-refractivity contribution in [1.29, 1.82) is 0 Å². The van der Waals surface area contributed by atoms with E-state index in [-0.39, 0.29) is 11.1 Å². The molecule has 0 saturated carbocycles. The molecule has 0 unspecified atom stereocenters. The molecule has 1 fully saturated rings. The summed E-state index contributed by atoms with van der Waals surface area (Å²) in [6.07, 6.45) is 5.27. The summed E-state index contributed by atoms with van der Waals surface area (Å²) < 4.78 is 29.3. The van der Waals surface area contributed by atoms with Gasteiger partial charge in [-0.1, -0.05) is 29.8 Å². The van der Waals surface area contributed by atoms with Gasteiger partial charge in [-0.2, -0.15) is 4.31 Å². The lowest BCUT2D eigenvalue weighted by atomic mass is 10.1. The van der Waals surface area contributed by atoms with E-state index in [4.69, 9.17) is 16.6 Å². The number of aryl methyl sites for hydroxylation is 1. The fourth-order valence-electron chi connectivity index (χ4n) is 3.56. The molecular formula is C20H21ClN4O2S. The summed E-state index contributed by atoms with van der Waals surface area (Å²) in [7, 11) is -1.89. The first-order valence-electron chi connectivity index (χ1n) is 9.13. The number of nitrogens with zero attached hydrogens (tertiary/aromatic N) is 4. The first kappa shape index (κ1) is 19.1. The van der Waals surface area contributed by atoms with Crippen molar-refractivity contribution in [3.63, 3.8) is 0 Å². The molecule has 0 radical (unpaired) electrons. The van der Waals surface area contributed by atoms with Crippen molar-refractivity contribution in [3.05, 3.63) is 77.0 Å². The molecule has 3 heterocycles. The molecule has 146 valence electrons. The molecule has 28 heavy (non-hydrogen) atoms. The monoisotopic (exact) mass is 416 g/mol. The van der Waals surface area contributed by atoms with Crippen LogP contribution in [0.4, 0.5) is 0 Å². The van der Waals surface area contributed by atoms with Crippen molar-refractivity contribution in [2.24, 2.45) is 7.05 Å². The number of hydrogen-bond donors (Lipinski definition) is 0. The molecule has 1 atom stereocenters. The zero-order valence-electron chi connectivity index (χ0n) is 15.5. The Morgan fingerprint density at radius 2 is 1.96 bits per heavy atom. The van der Waals surface area contributed by atoms with Crippen LogP contribution in [-0.4, -0.2) is 33.8 Å². The molecule has 6 nitrogen and oxygen atoms in total. The van der Waals surface area contributed by atoms with Gasteiger partial charge in [-0.3, -0.25) is 4.98 Å². The Morgan fingerprint density at radius 1 is 1.18 bits per heavy atom. The second-order valence-corrected chi connectivity index (χ2v) is 9.28. The Bertz CT molecular complexity index is 1080. The minimum absolute atomic E-state index is 0.0826. The fraction of sp³-hybridized carbons (Fsp3) is 0.300. The number of pyridine rings is 1. The van der Waals surface area contributed by atoms with Crippen LogP contribution in [-0.2, 0) is 23.5 Å². The number of sulfonamides is 1. The van der Waals surface area contributed by atoms with Crippen LogP contribution >= 0.6 is 11.6 Å². The molecule has 0 N–H and O–H groups in total. The fourth-order valence-corrected chi connectivity index (χ4v) is 5.32. The van der Waals surface area contributed by atoms with Gasteiger partial charge in [0.1, 0.15) is 0 Å². The van der Waals surface area contributed by atoms with Gasteiger partial charge in [0.2, 0.25) is 0 Å². The van der Waals surface area contributed by atoms with E-state index in [1.54, 1.807) is 11.6 Å². The summed E-state index contributed by atoms with van der Waals surface area (Å²) in [4.78, 5) is 8.81. The Morgan fingerprint density at radius 3 is 2.68 bits per heavy atom. The summed E-state index contributed by atoms with van der Waals surface area (Å²) in [6.45, 7) is 0.479. The number of rotatable bonds is 5. The van der Waals surface area contributed by atoms with Gasteiger partial charge in [-0.15, -0.1) is 0 Å². The standard InChI is InChI=1S/C20H21ClN4O2S/c1-24-13-20(22-14-24)28(26,27)25-11-3-6-19(25)18-5-2-4-17(23-18)12-15-7-9-16(21)10-8-15/h2,4-5,7-10,13-14,19H,3,6,11-12H2,1H3/t19-/m1/s1. The van der Waals surface area contributed by atoms with Crippen molar-refractivity contribution in [2.45, 2.75) is 30.3 Å². The van der Waals surface area contributed by atoms with Crippen LogP contribution in [0.15, 0.2) is 60.0 Å². The van der Waals surface area contributed by atoms with Crippen LogP contribution in [0.5, 0.6) is 0 Å². The molecule has 0 spiro atoms. The van der Waals surface area contributed by atoms with Crippen LogP contribution in [0, 0.1) is 0 Å². The Labute approximate surface area is 169 Å². The van der Waals surface area contributed by atoms with Crippen LogP contribution in [0.2, 0.25) is 5.02 Å². The molecule has 1 aliphatic heterocycles. The van der Waals surface area contributed by atoms with E-state index in [0.29, 0.717) is 18.0 Å². The molecule has 0 bridgehead atoms. The predicted octanol–water partition coefficient (Wildman–Crippen LogP) is 3.59. The van der Waals surface area contributed by atoms with Crippen LogP contribution in [0.1, 0.15) is 35.8 Å². The molecule has 0 aliphatic carbocycles. The lowest BCUT2D eigenvalue weighted by Gasteiger charge is -2.23. The van der Waals surface area contributed by atoms with E-state index >= 15 is 0 Å². The van der Waals surface area contributed by atoms with Gasteiger partial charge in [0.25, 0.3) is 10.0 Å². The van der Waals surface area contributed by atoms with E-state index in [1.165, 1.54) is 16.8 Å². The highest BCUT2D eigenvalue weighted by Crippen LogP contribution is 2.35. The van der Waals surface area contributed by atoms with E-state index in [2.05, 4.69) is 4.98 Å². The zero-order valence-corrected chi connectivity index (χ0v) is 17.1. The zero-order chi connectivity index (χ0) is 19.7. The maximum Gasteiger partial charge on any atom is 0.262 e. The Kier molecular flexibility index (Phi) is 5.23. The predicted molar refractivity (Wildman–Crippen MR) is 108 cm³/mol. The number of benzene rings is 1. The maximum absolute atomic E-state index is 13.0. The second kappa shape index (κ2) is 7.66. The summed E-state index contributed by atoms with van der Waals surface area (Å²) in [5, 5.41) is 0.783. The minimum atomic E-state index is -3.64. The molecule has 1 aromatic carbocycles. The quantitative estimate of drug-likeness (QED) is 0.637. The van der Waals surface area contributed by atoms with Gasteiger partial charge in [0.15, 0.2) is 5.03 Å². The highest BCUT2D eigenvalue weighted by Gasteiger charge is 2.38. The molecule has 1 aliphatic rings. The van der Waals surface area contributed by atoms with Gasteiger partial charge in [0.05, 0.1) is 18.1 Å². The number of aromatic nitrogens is 3. The largest absolute Gasteiger partial charge is 0.339 e. The Hall–Kier alpha value is -2.22.